The van der Waals surface area contributed by atoms with Gasteiger partial charge in [0.05, 0.1) is 32.5 Å². The molecule has 3 fully saturated rings. The van der Waals surface area contributed by atoms with E-state index in [1.165, 1.54) is 11.1 Å². The number of H-pyrrole nitrogens is 1. The molecule has 4 aliphatic heterocycles. The molecule has 8 rings (SSSR count). The van der Waals surface area contributed by atoms with E-state index in [1.807, 2.05) is 0 Å². The molecule has 6 heterocycles. The number of rotatable bonds is 5. The Morgan fingerprint density at radius 1 is 1.00 bits per heavy atom. The second-order valence-electron chi connectivity index (χ2n) is 12.3. The fourth-order valence-corrected chi connectivity index (χ4v) is 7.11. The number of anilines is 2. The van der Waals surface area contributed by atoms with Gasteiger partial charge in [0.1, 0.15) is 22.5 Å². The van der Waals surface area contributed by atoms with E-state index >= 15 is 8.78 Å². The summed E-state index contributed by atoms with van der Waals surface area (Å²) in [5.74, 6) is 0.151. The Balaban J connectivity index is 0.901. The first-order valence-corrected chi connectivity index (χ1v) is 15.0. The molecule has 1 atom stereocenters. The summed E-state index contributed by atoms with van der Waals surface area (Å²) in [6.07, 6.45) is 3.09. The van der Waals surface area contributed by atoms with Crippen LogP contribution in [0.25, 0.3) is 11.0 Å². The first-order valence-electron chi connectivity index (χ1n) is 15.0. The van der Waals surface area contributed by atoms with Crippen molar-refractivity contribution in [3.05, 3.63) is 34.8 Å². The second kappa shape index (κ2) is 10.6. The van der Waals surface area contributed by atoms with Gasteiger partial charge in [0, 0.05) is 45.6 Å². The largest absolute Gasteiger partial charge is 0.465 e. The molecule has 0 bridgehead atoms. The number of hydrogen-bond donors (Lipinski definition) is 2. The standard InChI is InChI=1S/C29H32F2N8O5/c30-22-17-9-16(10-18(17)23(31)25-24(22)33-19(34-25)13-38-5-7-42-8-6-38)12-37-3-1-29(2-4-37)15-39(28(41)44-29)20-11-32-27-26(35-20)36-21(40)14-43-27/h11,16H,1-10,12-15H2,(H,33,34)(H,35,36,40). The number of halogens is 2. The lowest BCUT2D eigenvalue weighted by atomic mass is 9.90. The van der Waals surface area contributed by atoms with Gasteiger partial charge in [0.25, 0.3) is 11.8 Å². The van der Waals surface area contributed by atoms with Crippen LogP contribution in [-0.2, 0) is 33.7 Å². The number of aromatic amines is 1. The quantitative estimate of drug-likeness (QED) is 0.441. The highest BCUT2D eigenvalue weighted by molar-refractivity contribution is 5.94. The van der Waals surface area contributed by atoms with E-state index in [0.717, 1.165) is 13.1 Å². The zero-order valence-electron chi connectivity index (χ0n) is 24.0. The van der Waals surface area contributed by atoms with Crippen LogP contribution in [0.1, 0.15) is 29.8 Å². The number of amides is 2. The first-order chi connectivity index (χ1) is 21.3. The molecule has 1 aromatic carbocycles. The molecule has 13 nitrogen and oxygen atoms in total. The van der Waals surface area contributed by atoms with Gasteiger partial charge in [-0.15, -0.1) is 0 Å². The fourth-order valence-electron chi connectivity index (χ4n) is 7.11. The predicted molar refractivity (Wildman–Crippen MR) is 151 cm³/mol. The molecule has 5 aliphatic rings. The van der Waals surface area contributed by atoms with Gasteiger partial charge < -0.3 is 29.4 Å². The number of carbonyl (C=O) groups is 2. The number of nitrogens with zero attached hydrogens (tertiary/aromatic N) is 6. The van der Waals surface area contributed by atoms with Crippen LogP contribution in [0.3, 0.4) is 0 Å². The molecule has 2 N–H and O–H groups in total. The Morgan fingerprint density at radius 2 is 1.77 bits per heavy atom. The summed E-state index contributed by atoms with van der Waals surface area (Å²) in [5.41, 5.74) is 0.451. The average Bonchev–Trinajstić information content (AvgIpc) is 3.73. The summed E-state index contributed by atoms with van der Waals surface area (Å²) in [4.78, 5) is 46.4. The van der Waals surface area contributed by atoms with Crippen molar-refractivity contribution < 1.29 is 32.6 Å². The van der Waals surface area contributed by atoms with Crippen molar-refractivity contribution in [2.45, 2.75) is 37.8 Å². The highest BCUT2D eigenvalue weighted by Gasteiger charge is 2.48. The van der Waals surface area contributed by atoms with Gasteiger partial charge >= 0.3 is 6.09 Å². The third-order valence-corrected chi connectivity index (χ3v) is 9.39. The van der Waals surface area contributed by atoms with Crippen molar-refractivity contribution >= 4 is 34.7 Å². The lowest BCUT2D eigenvalue weighted by Gasteiger charge is -2.38. The van der Waals surface area contributed by atoms with E-state index in [9.17, 15) is 9.59 Å². The number of nitrogens with one attached hydrogen (secondary N) is 2. The van der Waals surface area contributed by atoms with Crippen molar-refractivity contribution in [3.8, 4) is 5.88 Å². The molecule has 2 amide bonds. The Kier molecular flexibility index (Phi) is 6.64. The molecule has 2 aromatic heterocycles. The Hall–Kier alpha value is -3.95. The van der Waals surface area contributed by atoms with E-state index in [1.54, 1.807) is 0 Å². The third kappa shape index (κ3) is 4.82. The molecule has 232 valence electrons. The molecular formula is C29H32F2N8O5. The summed E-state index contributed by atoms with van der Waals surface area (Å²) in [6, 6.07) is 0. The number of aromatic nitrogens is 4. The van der Waals surface area contributed by atoms with E-state index in [2.05, 4.69) is 35.1 Å². The van der Waals surface area contributed by atoms with Crippen molar-refractivity contribution in [3.63, 3.8) is 0 Å². The molecular weight excluding hydrogens is 578 g/mol. The summed E-state index contributed by atoms with van der Waals surface area (Å²) in [7, 11) is 0. The number of piperidine rings is 1. The number of ether oxygens (including phenoxy) is 3. The summed E-state index contributed by atoms with van der Waals surface area (Å²) < 4.78 is 47.8. The second-order valence-corrected chi connectivity index (χ2v) is 12.3. The predicted octanol–water partition coefficient (Wildman–Crippen LogP) is 2.00. The van der Waals surface area contributed by atoms with Gasteiger partial charge in [-0.3, -0.25) is 14.6 Å². The smallest absolute Gasteiger partial charge is 0.416 e. The summed E-state index contributed by atoms with van der Waals surface area (Å²) in [6.45, 7) is 5.57. The molecule has 3 aromatic rings. The lowest BCUT2D eigenvalue weighted by molar-refractivity contribution is -0.118. The maximum atomic E-state index is 15.6. The maximum absolute atomic E-state index is 15.6. The minimum absolute atomic E-state index is 0.0770. The molecule has 0 radical (unpaired) electrons. The number of fused-ring (bicyclic) bond motifs is 3. The molecule has 1 aliphatic carbocycles. The number of morpholine rings is 1. The topological polar surface area (TPSA) is 138 Å². The lowest BCUT2D eigenvalue weighted by Crippen LogP contribution is -2.48. The average molecular weight is 611 g/mol. The molecule has 15 heteroatoms. The zero-order chi connectivity index (χ0) is 30.0. The Morgan fingerprint density at radius 3 is 2.57 bits per heavy atom. The van der Waals surface area contributed by atoms with E-state index < -0.39 is 23.3 Å². The van der Waals surface area contributed by atoms with Gasteiger partial charge in [0.2, 0.25) is 0 Å². The number of benzene rings is 1. The van der Waals surface area contributed by atoms with E-state index in [-0.39, 0.29) is 47.0 Å². The molecule has 0 saturated carbocycles. The van der Waals surface area contributed by atoms with Crippen molar-refractivity contribution in [1.29, 1.82) is 0 Å². The molecule has 1 spiro atoms. The van der Waals surface area contributed by atoms with Crippen LogP contribution >= 0.6 is 0 Å². The van der Waals surface area contributed by atoms with Gasteiger partial charge in [-0.1, -0.05) is 0 Å². The molecule has 3 saturated heterocycles. The SMILES string of the molecule is O=C1COc2ncc(N3CC4(CCN(CC5Cc6c(c(F)c7[nH]c(CN8CCOCC8)nc7c6F)C5)CC4)OC3=O)nc2N1. The van der Waals surface area contributed by atoms with Crippen LogP contribution in [0.5, 0.6) is 5.88 Å². The normalized spacial score (nSPS) is 22.3. The number of hydrogen-bond acceptors (Lipinski definition) is 10. The van der Waals surface area contributed by atoms with Crippen molar-refractivity contribution in [1.82, 2.24) is 29.7 Å². The fraction of sp³-hybridized carbons (Fsp3) is 0.552. The first kappa shape index (κ1) is 27.6. The van der Waals surface area contributed by atoms with Crippen LogP contribution in [0, 0.1) is 17.6 Å². The maximum Gasteiger partial charge on any atom is 0.416 e. The number of likely N-dealkylation sites (tertiary alicyclic amines) is 1. The van der Waals surface area contributed by atoms with Crippen LogP contribution in [0.15, 0.2) is 6.20 Å². The van der Waals surface area contributed by atoms with Crippen LogP contribution in [0.4, 0.5) is 25.2 Å². The van der Waals surface area contributed by atoms with Crippen LogP contribution in [-0.4, -0.2) is 106 Å². The Labute approximate surface area is 250 Å². The highest BCUT2D eigenvalue weighted by Crippen LogP contribution is 2.39. The minimum atomic E-state index is -0.662. The van der Waals surface area contributed by atoms with Gasteiger partial charge in [-0.2, -0.15) is 0 Å². The molecule has 44 heavy (non-hydrogen) atoms. The monoisotopic (exact) mass is 610 g/mol. The van der Waals surface area contributed by atoms with E-state index in [0.29, 0.717) is 88.6 Å². The molecule has 1 unspecified atom stereocenters. The van der Waals surface area contributed by atoms with Crippen molar-refractivity contribution in [2.24, 2.45) is 5.92 Å². The zero-order valence-corrected chi connectivity index (χ0v) is 24.0. The minimum Gasteiger partial charge on any atom is -0.465 e. The van der Waals surface area contributed by atoms with Crippen molar-refractivity contribution in [2.75, 3.05) is 69.3 Å². The third-order valence-electron chi connectivity index (χ3n) is 9.39. The highest BCUT2D eigenvalue weighted by atomic mass is 19.1. The number of carbonyl (C=O) groups excluding carboxylic acids is 2. The van der Waals surface area contributed by atoms with Gasteiger partial charge in [-0.05, 0) is 29.9 Å². The van der Waals surface area contributed by atoms with Gasteiger partial charge in [0.15, 0.2) is 29.9 Å². The summed E-state index contributed by atoms with van der Waals surface area (Å²) in [5, 5.41) is 2.61. The van der Waals surface area contributed by atoms with Crippen LogP contribution < -0.4 is 15.0 Å². The summed E-state index contributed by atoms with van der Waals surface area (Å²) >= 11 is 0. The van der Waals surface area contributed by atoms with E-state index in [4.69, 9.17) is 14.2 Å². The Bertz CT molecular complexity index is 1600. The van der Waals surface area contributed by atoms with Crippen LogP contribution in [0.2, 0.25) is 0 Å². The van der Waals surface area contributed by atoms with Gasteiger partial charge in [-0.25, -0.2) is 28.5 Å². The number of imidazole rings is 1.